The van der Waals surface area contributed by atoms with Crippen LogP contribution < -0.4 is 0 Å². The molecule has 0 saturated heterocycles. The fraction of sp³-hybridized carbons (Fsp3) is 1.00. The minimum absolute atomic E-state index is 0. The Kier molecular flexibility index (Phi) is 41.5. The van der Waals surface area contributed by atoms with Gasteiger partial charge in [0.15, 0.2) is 0 Å². The molecular weight excluding hydrogens is 428 g/mol. The minimum Gasteiger partial charge on any atom is -0.384 e. The molecule has 0 radical (unpaired) electrons. The molecule has 0 aliphatic carbocycles. The van der Waals surface area contributed by atoms with Crippen molar-refractivity contribution in [3.05, 3.63) is 0 Å². The normalized spacial score (nSPS) is 12.4. The molecule has 0 fully saturated rings. The van der Waals surface area contributed by atoms with Crippen molar-refractivity contribution < 1.29 is 22.3 Å². The van der Waals surface area contributed by atoms with E-state index in [1.807, 2.05) is 27.7 Å². The zero-order chi connectivity index (χ0) is 27.1. The zero-order valence-corrected chi connectivity index (χ0v) is 24.3. The third-order valence-corrected chi connectivity index (χ3v) is 3.80. The Morgan fingerprint density at radius 3 is 1.03 bits per heavy atom. The molecule has 0 rings (SSSR count). The van der Waals surface area contributed by atoms with Gasteiger partial charge in [0.1, 0.15) is 0 Å². The van der Waals surface area contributed by atoms with E-state index in [-0.39, 0.29) is 25.7 Å². The van der Waals surface area contributed by atoms with Crippen molar-refractivity contribution in [2.75, 3.05) is 13.7 Å². The van der Waals surface area contributed by atoms with E-state index in [1.165, 1.54) is 6.42 Å². The Morgan fingerprint density at radius 2 is 1.03 bits per heavy atom. The van der Waals surface area contributed by atoms with Crippen LogP contribution >= 0.6 is 0 Å². The van der Waals surface area contributed by atoms with Crippen molar-refractivity contribution in [1.29, 1.82) is 0 Å². The topological polar surface area (TPSA) is 9.23 Å². The average molecular weight is 493 g/mol. The molecule has 210 valence electrons. The summed E-state index contributed by atoms with van der Waals surface area (Å²) >= 11 is 0. The number of hydrogen-bond acceptors (Lipinski definition) is 1. The smallest absolute Gasteiger partial charge is 0.245 e. The van der Waals surface area contributed by atoms with Crippen LogP contribution in [0.2, 0.25) is 0 Å². The van der Waals surface area contributed by atoms with Crippen molar-refractivity contribution in [3.63, 3.8) is 0 Å². The molecule has 0 aliphatic rings. The summed E-state index contributed by atoms with van der Waals surface area (Å²) in [5, 5.41) is 0. The van der Waals surface area contributed by atoms with Gasteiger partial charge in [-0.3, -0.25) is 0 Å². The van der Waals surface area contributed by atoms with Gasteiger partial charge in [-0.15, -0.1) is 0 Å². The van der Waals surface area contributed by atoms with Crippen LogP contribution in [0.3, 0.4) is 0 Å². The predicted octanol–water partition coefficient (Wildman–Crippen LogP) is 11.1. The summed E-state index contributed by atoms with van der Waals surface area (Å²) in [4.78, 5) is 0. The number of ether oxygens (including phenoxy) is 1. The van der Waals surface area contributed by atoms with Gasteiger partial charge in [0.05, 0.1) is 12.3 Å². The highest BCUT2D eigenvalue weighted by Gasteiger charge is 2.21. The first kappa shape index (κ1) is 46.1. The number of methoxy groups -OCH3 is 1. The Morgan fingerprint density at radius 1 is 0.697 bits per heavy atom. The fourth-order valence-electron chi connectivity index (χ4n) is 1.70. The summed E-state index contributed by atoms with van der Waals surface area (Å²) in [5.41, 5.74) is 0. The number of hydrogen-bond donors (Lipinski definition) is 0. The van der Waals surface area contributed by atoms with E-state index in [4.69, 9.17) is 4.74 Å². The molecule has 1 nitrogen and oxygen atoms in total. The highest BCUT2D eigenvalue weighted by atomic mass is 19.3. The molecule has 0 aromatic heterocycles. The van der Waals surface area contributed by atoms with Crippen molar-refractivity contribution in [1.82, 2.24) is 0 Å². The van der Waals surface area contributed by atoms with E-state index in [9.17, 15) is 17.6 Å². The molecule has 33 heavy (non-hydrogen) atoms. The van der Waals surface area contributed by atoms with E-state index in [0.29, 0.717) is 18.3 Å². The lowest BCUT2D eigenvalue weighted by molar-refractivity contribution is 0.000974. The Bertz CT molecular complexity index is 308. The molecule has 0 amide bonds. The van der Waals surface area contributed by atoms with Gasteiger partial charge in [0.25, 0.3) is 0 Å². The lowest BCUT2D eigenvalue weighted by Gasteiger charge is -2.11. The Balaban J connectivity index is -0.0000000691. The van der Waals surface area contributed by atoms with E-state index in [1.54, 1.807) is 34.8 Å². The van der Waals surface area contributed by atoms with Crippen LogP contribution in [0.25, 0.3) is 0 Å². The van der Waals surface area contributed by atoms with Crippen molar-refractivity contribution >= 4 is 0 Å². The van der Waals surface area contributed by atoms with Crippen molar-refractivity contribution in [3.8, 4) is 0 Å². The molecule has 0 saturated carbocycles. The lowest BCUT2D eigenvalue weighted by Crippen LogP contribution is -2.12. The van der Waals surface area contributed by atoms with Crippen LogP contribution in [-0.2, 0) is 4.74 Å². The molecule has 0 aliphatic heterocycles. The number of alkyl halides is 4. The van der Waals surface area contributed by atoms with Crippen LogP contribution in [0.5, 0.6) is 0 Å². The molecule has 0 N–H and O–H groups in total. The van der Waals surface area contributed by atoms with Gasteiger partial charge in [-0.2, -0.15) is 0 Å². The first-order valence-corrected chi connectivity index (χ1v) is 12.4. The Labute approximate surface area is 207 Å². The molecule has 0 spiro atoms. The van der Waals surface area contributed by atoms with Gasteiger partial charge >= 0.3 is 0 Å². The van der Waals surface area contributed by atoms with Crippen LogP contribution in [0.4, 0.5) is 17.6 Å². The van der Waals surface area contributed by atoms with E-state index in [2.05, 4.69) is 34.6 Å². The van der Waals surface area contributed by atoms with Gasteiger partial charge in [-0.05, 0) is 56.8 Å². The quantitative estimate of drug-likeness (QED) is 0.306. The minimum atomic E-state index is -2.48. The second-order valence-corrected chi connectivity index (χ2v) is 10.7. The van der Waals surface area contributed by atoms with Crippen molar-refractivity contribution in [2.24, 2.45) is 29.6 Å². The second-order valence-electron chi connectivity index (χ2n) is 10.7. The van der Waals surface area contributed by atoms with Gasteiger partial charge in [-0.25, -0.2) is 17.6 Å². The summed E-state index contributed by atoms with van der Waals surface area (Å²) in [6.07, 6.45) is 0.720. The van der Waals surface area contributed by atoms with Gasteiger partial charge in [0, 0.05) is 20.1 Å². The third kappa shape index (κ3) is 89.3. The van der Waals surface area contributed by atoms with E-state index < -0.39 is 18.3 Å². The summed E-state index contributed by atoms with van der Waals surface area (Å²) in [5.74, 6) is -0.140. The fourth-order valence-corrected chi connectivity index (χ4v) is 1.70. The van der Waals surface area contributed by atoms with E-state index in [0.717, 1.165) is 19.4 Å². The SMILES string of the molecule is C.CC(C)C(C)F.CC(C)CC(C)(F)F.CC(C)CC(C)F.CCC(C)C.COCC(C)C. The van der Waals surface area contributed by atoms with Crippen molar-refractivity contribution in [2.45, 2.75) is 142 Å². The van der Waals surface area contributed by atoms with Crippen LogP contribution in [0.15, 0.2) is 0 Å². The second kappa shape index (κ2) is 29.7. The van der Waals surface area contributed by atoms with Crippen LogP contribution in [0.1, 0.15) is 124 Å². The average Bonchev–Trinajstić information content (AvgIpc) is 2.53. The molecule has 0 heterocycles. The van der Waals surface area contributed by atoms with Gasteiger partial charge < -0.3 is 4.74 Å². The third-order valence-electron chi connectivity index (χ3n) is 3.80. The standard InChI is InChI=1S/C6H12F2.C6H13F.C5H11F.C5H12O.C5H12.CH4/c1-5(2)4-6(3,7)8;1-5(2)4-6(3)7;1-4(2)5(3)6;1-5(2)4-6-3;1-4-5(2)3;/h5H,4H2,1-3H3;5-6H,4H2,1-3H3;4-5H,1-3H3;5H,4H2,1-3H3;5H,4H2,1-3H3;1H4. The monoisotopic (exact) mass is 492 g/mol. The number of halogens is 4. The molecule has 0 aromatic rings. The molecule has 5 heteroatoms. The predicted molar refractivity (Wildman–Crippen MR) is 144 cm³/mol. The zero-order valence-electron chi connectivity index (χ0n) is 24.3. The summed E-state index contributed by atoms with van der Waals surface area (Å²) < 4.78 is 52.5. The molecule has 0 bridgehead atoms. The van der Waals surface area contributed by atoms with Gasteiger partial charge in [-0.1, -0.05) is 90.0 Å². The maximum Gasteiger partial charge on any atom is 0.245 e. The van der Waals surface area contributed by atoms with Crippen LogP contribution in [-0.4, -0.2) is 32.0 Å². The summed E-state index contributed by atoms with van der Waals surface area (Å²) in [6, 6.07) is 0. The van der Waals surface area contributed by atoms with E-state index >= 15 is 0 Å². The summed E-state index contributed by atoms with van der Waals surface area (Å²) in [6.45, 7) is 27.3. The van der Waals surface area contributed by atoms with Crippen LogP contribution in [0, 0.1) is 29.6 Å². The molecular formula is C28H64F4O. The number of rotatable bonds is 8. The maximum absolute atomic E-state index is 12.0. The maximum atomic E-state index is 12.0. The largest absolute Gasteiger partial charge is 0.384 e. The first-order valence-electron chi connectivity index (χ1n) is 12.4. The molecule has 2 unspecified atom stereocenters. The summed E-state index contributed by atoms with van der Waals surface area (Å²) in [7, 11) is 1.72. The highest BCUT2D eigenvalue weighted by molar-refractivity contribution is 4.59. The molecule has 0 aromatic carbocycles. The first-order chi connectivity index (χ1) is 14.2. The highest BCUT2D eigenvalue weighted by Crippen LogP contribution is 2.21. The lowest BCUT2D eigenvalue weighted by atomic mass is 10.1. The molecule has 2 atom stereocenters. The van der Waals surface area contributed by atoms with Gasteiger partial charge in [0.2, 0.25) is 5.92 Å². The Hall–Kier alpha value is -0.320.